The van der Waals surface area contributed by atoms with Crippen LogP contribution in [0.1, 0.15) is 31.2 Å². The largest absolute Gasteiger partial charge is 0.456 e. The van der Waals surface area contributed by atoms with E-state index in [0.29, 0.717) is 6.47 Å². The zero-order valence-electron chi connectivity index (χ0n) is 8.41. The Morgan fingerprint density at radius 3 is 2.67 bits per heavy atom. The molecule has 1 aromatic carbocycles. The summed E-state index contributed by atoms with van der Waals surface area (Å²) in [7, 11) is 0. The molecule has 0 amide bonds. The summed E-state index contributed by atoms with van der Waals surface area (Å²) < 4.78 is 18.3. The molecule has 15 heavy (non-hydrogen) atoms. The van der Waals surface area contributed by atoms with Crippen molar-refractivity contribution in [1.82, 2.24) is 0 Å². The summed E-state index contributed by atoms with van der Waals surface area (Å²) in [6.45, 7) is 0.468. The van der Waals surface area contributed by atoms with Crippen LogP contribution in [0, 0.1) is 5.82 Å². The van der Waals surface area contributed by atoms with Crippen LogP contribution in [0.25, 0.3) is 0 Å². The number of hydrogen-bond acceptors (Lipinski definition) is 2. The second kappa shape index (κ2) is 4.01. The Labute approximate surface area is 88.1 Å². The summed E-state index contributed by atoms with van der Waals surface area (Å²) in [5.41, 5.74) is 0.191. The third-order valence-corrected chi connectivity index (χ3v) is 3.04. The van der Waals surface area contributed by atoms with Crippen molar-refractivity contribution in [2.24, 2.45) is 0 Å². The molecule has 0 bridgehead atoms. The van der Waals surface area contributed by atoms with Crippen molar-refractivity contribution in [2.75, 3.05) is 0 Å². The highest BCUT2D eigenvalue weighted by atomic mass is 19.1. The molecule has 0 aromatic heterocycles. The molecule has 0 aliphatic heterocycles. The van der Waals surface area contributed by atoms with Gasteiger partial charge in [0.1, 0.15) is 11.4 Å². The standard InChI is InChI=1S/C12H13FO2/c13-11-5-3-4-10(8-11)12(15-9-14)6-1-2-7-12/h3-5,8-9H,1-2,6-7H2. The molecular weight excluding hydrogens is 195 g/mol. The zero-order valence-corrected chi connectivity index (χ0v) is 8.41. The molecule has 0 radical (unpaired) electrons. The summed E-state index contributed by atoms with van der Waals surface area (Å²) in [4.78, 5) is 10.5. The Kier molecular flexibility index (Phi) is 2.71. The van der Waals surface area contributed by atoms with Gasteiger partial charge in [-0.1, -0.05) is 12.1 Å². The van der Waals surface area contributed by atoms with Crippen LogP contribution < -0.4 is 0 Å². The Morgan fingerprint density at radius 1 is 1.33 bits per heavy atom. The van der Waals surface area contributed by atoms with E-state index in [0.717, 1.165) is 31.2 Å². The fourth-order valence-corrected chi connectivity index (χ4v) is 2.28. The smallest absolute Gasteiger partial charge is 0.293 e. The molecule has 2 nitrogen and oxygen atoms in total. The first-order valence-electron chi connectivity index (χ1n) is 5.14. The minimum atomic E-state index is -0.580. The van der Waals surface area contributed by atoms with E-state index in [2.05, 4.69) is 0 Å². The predicted octanol–water partition coefficient (Wildman–Crippen LogP) is 2.77. The van der Waals surface area contributed by atoms with E-state index in [4.69, 9.17) is 4.74 Å². The van der Waals surface area contributed by atoms with Crippen molar-refractivity contribution in [2.45, 2.75) is 31.3 Å². The van der Waals surface area contributed by atoms with Gasteiger partial charge in [-0.05, 0) is 43.4 Å². The van der Waals surface area contributed by atoms with Gasteiger partial charge in [-0.3, -0.25) is 4.79 Å². The highest BCUT2D eigenvalue weighted by Crippen LogP contribution is 2.41. The van der Waals surface area contributed by atoms with E-state index in [9.17, 15) is 9.18 Å². The molecular formula is C12H13FO2. The van der Waals surface area contributed by atoms with E-state index >= 15 is 0 Å². The molecule has 2 rings (SSSR count). The number of hydrogen-bond donors (Lipinski definition) is 0. The Morgan fingerprint density at radius 2 is 2.07 bits per heavy atom. The minimum absolute atomic E-state index is 0.284. The molecule has 0 saturated heterocycles. The van der Waals surface area contributed by atoms with Crippen LogP contribution in [0.15, 0.2) is 24.3 Å². The molecule has 0 unspecified atom stereocenters. The lowest BCUT2D eigenvalue weighted by molar-refractivity contribution is -0.144. The number of halogens is 1. The molecule has 0 spiro atoms. The maximum Gasteiger partial charge on any atom is 0.293 e. The second-order valence-electron chi connectivity index (χ2n) is 3.93. The lowest BCUT2D eigenvalue weighted by Crippen LogP contribution is -2.25. The fraction of sp³-hybridized carbons (Fsp3) is 0.417. The molecule has 1 fully saturated rings. The van der Waals surface area contributed by atoms with Crippen LogP contribution in [0.5, 0.6) is 0 Å². The maximum atomic E-state index is 13.1. The van der Waals surface area contributed by atoms with Gasteiger partial charge >= 0.3 is 0 Å². The van der Waals surface area contributed by atoms with Crippen LogP contribution in [0.2, 0.25) is 0 Å². The number of benzene rings is 1. The highest BCUT2D eigenvalue weighted by Gasteiger charge is 2.37. The third kappa shape index (κ3) is 1.87. The molecule has 3 heteroatoms. The van der Waals surface area contributed by atoms with E-state index < -0.39 is 5.60 Å². The number of carbonyl (C=O) groups is 1. The third-order valence-electron chi connectivity index (χ3n) is 3.04. The van der Waals surface area contributed by atoms with Crippen molar-refractivity contribution in [3.63, 3.8) is 0 Å². The van der Waals surface area contributed by atoms with Gasteiger partial charge < -0.3 is 4.74 Å². The van der Waals surface area contributed by atoms with Crippen LogP contribution >= 0.6 is 0 Å². The van der Waals surface area contributed by atoms with Gasteiger partial charge in [-0.15, -0.1) is 0 Å². The van der Waals surface area contributed by atoms with E-state index in [1.165, 1.54) is 12.1 Å². The lowest BCUT2D eigenvalue weighted by atomic mass is 9.92. The molecule has 0 heterocycles. The van der Waals surface area contributed by atoms with Gasteiger partial charge in [0.2, 0.25) is 0 Å². The summed E-state index contributed by atoms with van der Waals surface area (Å²) in [5, 5.41) is 0. The van der Waals surface area contributed by atoms with Gasteiger partial charge in [0.25, 0.3) is 6.47 Å². The van der Waals surface area contributed by atoms with Crippen LogP contribution in [-0.4, -0.2) is 6.47 Å². The normalized spacial score (nSPS) is 18.7. The highest BCUT2D eigenvalue weighted by molar-refractivity contribution is 5.40. The average Bonchev–Trinajstić information content (AvgIpc) is 2.68. The van der Waals surface area contributed by atoms with Gasteiger partial charge in [-0.25, -0.2) is 4.39 Å². The summed E-state index contributed by atoms with van der Waals surface area (Å²) in [5.74, 6) is -0.284. The first kappa shape index (κ1) is 10.1. The van der Waals surface area contributed by atoms with Crippen LogP contribution in [0.4, 0.5) is 4.39 Å². The molecule has 80 valence electrons. The number of rotatable bonds is 3. The molecule has 1 aliphatic carbocycles. The summed E-state index contributed by atoms with van der Waals surface area (Å²) in [6, 6.07) is 6.32. The number of carbonyl (C=O) groups excluding carboxylic acids is 1. The average molecular weight is 208 g/mol. The van der Waals surface area contributed by atoms with Crippen LogP contribution in [0.3, 0.4) is 0 Å². The summed E-state index contributed by atoms with van der Waals surface area (Å²) in [6.07, 6.45) is 3.61. The van der Waals surface area contributed by atoms with E-state index in [1.807, 2.05) is 6.07 Å². The van der Waals surface area contributed by atoms with E-state index in [-0.39, 0.29) is 5.82 Å². The SMILES string of the molecule is O=COC1(c2cccc(F)c2)CCCC1. The van der Waals surface area contributed by atoms with Crippen molar-refractivity contribution < 1.29 is 13.9 Å². The maximum absolute atomic E-state index is 13.1. The van der Waals surface area contributed by atoms with Gasteiger partial charge in [0.15, 0.2) is 0 Å². The molecule has 0 atom stereocenters. The molecule has 1 aromatic rings. The first-order valence-corrected chi connectivity index (χ1v) is 5.14. The Bertz CT molecular complexity index is 356. The van der Waals surface area contributed by atoms with Gasteiger partial charge in [0.05, 0.1) is 0 Å². The first-order chi connectivity index (χ1) is 7.27. The van der Waals surface area contributed by atoms with Crippen molar-refractivity contribution in [1.29, 1.82) is 0 Å². The predicted molar refractivity (Wildman–Crippen MR) is 53.7 cm³/mol. The topological polar surface area (TPSA) is 26.3 Å². The van der Waals surface area contributed by atoms with E-state index in [1.54, 1.807) is 6.07 Å². The lowest BCUT2D eigenvalue weighted by Gasteiger charge is -2.27. The van der Waals surface area contributed by atoms with Gasteiger partial charge in [-0.2, -0.15) is 0 Å². The van der Waals surface area contributed by atoms with Crippen molar-refractivity contribution in [3.8, 4) is 0 Å². The molecule has 1 saturated carbocycles. The van der Waals surface area contributed by atoms with Gasteiger partial charge in [0, 0.05) is 0 Å². The Hall–Kier alpha value is -1.38. The second-order valence-corrected chi connectivity index (χ2v) is 3.93. The molecule has 1 aliphatic rings. The summed E-state index contributed by atoms with van der Waals surface area (Å²) >= 11 is 0. The zero-order chi connectivity index (χ0) is 10.7. The fourth-order valence-electron chi connectivity index (χ4n) is 2.28. The number of ether oxygens (including phenoxy) is 1. The Balaban J connectivity index is 2.35. The molecule has 0 N–H and O–H groups in total. The monoisotopic (exact) mass is 208 g/mol. The minimum Gasteiger partial charge on any atom is -0.456 e. The quantitative estimate of drug-likeness (QED) is 0.714. The van der Waals surface area contributed by atoms with Crippen LogP contribution in [-0.2, 0) is 15.1 Å². The van der Waals surface area contributed by atoms with Crippen molar-refractivity contribution in [3.05, 3.63) is 35.6 Å². The van der Waals surface area contributed by atoms with Crippen molar-refractivity contribution >= 4 is 6.47 Å².